The summed E-state index contributed by atoms with van der Waals surface area (Å²) in [5, 5.41) is 0. The van der Waals surface area contributed by atoms with Crippen LogP contribution in [0, 0.1) is 5.92 Å². The van der Waals surface area contributed by atoms with E-state index >= 15 is 0 Å². The molecule has 2 saturated heterocycles. The molecule has 6 heteroatoms. The monoisotopic (exact) mass is 369 g/mol. The third-order valence-electron chi connectivity index (χ3n) is 5.46. The van der Waals surface area contributed by atoms with Gasteiger partial charge in [-0.3, -0.25) is 4.90 Å². The average molecular weight is 370 g/mol. The molecule has 2 heterocycles. The van der Waals surface area contributed by atoms with Gasteiger partial charge in [0, 0.05) is 52.4 Å². The first kappa shape index (κ1) is 21.5. The highest BCUT2D eigenvalue weighted by molar-refractivity contribution is 5.68. The number of hydrogen-bond acceptors (Lipinski definition) is 5. The second kappa shape index (κ2) is 9.90. The van der Waals surface area contributed by atoms with Crippen LogP contribution in [-0.2, 0) is 9.47 Å². The Labute approximate surface area is 159 Å². The normalized spacial score (nSPS) is 26.1. The smallest absolute Gasteiger partial charge is 0.410 e. The van der Waals surface area contributed by atoms with Gasteiger partial charge in [0.25, 0.3) is 0 Å². The van der Waals surface area contributed by atoms with Crippen LogP contribution in [0.5, 0.6) is 0 Å². The molecule has 152 valence electrons. The lowest BCUT2D eigenvalue weighted by atomic mass is 9.94. The summed E-state index contributed by atoms with van der Waals surface area (Å²) in [7, 11) is 1.77. The predicted molar refractivity (Wildman–Crippen MR) is 104 cm³/mol. The largest absolute Gasteiger partial charge is 0.444 e. The van der Waals surface area contributed by atoms with E-state index < -0.39 is 5.60 Å². The first-order chi connectivity index (χ1) is 12.3. The standard InChI is InChI=1S/C20H39N3O3/c1-17-15-21(11-12-22(17)13-14-25-5)10-8-18-7-6-9-23(16-18)19(24)26-20(2,3)4/h17-18H,6-16H2,1-5H3/t17-,18+/m1/s1. The maximum absolute atomic E-state index is 12.3. The molecule has 2 aliphatic rings. The fourth-order valence-corrected chi connectivity index (χ4v) is 3.97. The van der Waals surface area contributed by atoms with E-state index in [1.165, 1.54) is 12.8 Å². The molecule has 0 bridgehead atoms. The average Bonchev–Trinajstić information content (AvgIpc) is 2.58. The van der Waals surface area contributed by atoms with E-state index in [0.29, 0.717) is 12.0 Å². The van der Waals surface area contributed by atoms with Gasteiger partial charge >= 0.3 is 6.09 Å². The molecule has 6 nitrogen and oxygen atoms in total. The van der Waals surface area contributed by atoms with E-state index in [1.807, 2.05) is 25.7 Å². The van der Waals surface area contributed by atoms with Gasteiger partial charge in [-0.25, -0.2) is 4.79 Å². The molecule has 0 spiro atoms. The number of likely N-dealkylation sites (tertiary alicyclic amines) is 1. The molecular formula is C20H39N3O3. The third kappa shape index (κ3) is 7.05. The molecule has 0 aliphatic carbocycles. The maximum atomic E-state index is 12.3. The summed E-state index contributed by atoms with van der Waals surface area (Å²) < 4.78 is 10.7. The lowest BCUT2D eigenvalue weighted by Gasteiger charge is -2.41. The van der Waals surface area contributed by atoms with Crippen LogP contribution in [0.4, 0.5) is 4.79 Å². The zero-order valence-electron chi connectivity index (χ0n) is 17.5. The van der Waals surface area contributed by atoms with E-state index in [1.54, 1.807) is 7.11 Å². The molecule has 0 radical (unpaired) electrons. The van der Waals surface area contributed by atoms with Gasteiger partial charge in [-0.15, -0.1) is 0 Å². The summed E-state index contributed by atoms with van der Waals surface area (Å²) in [6, 6.07) is 0.587. The SMILES string of the molecule is COCCN1CCN(CC[C@@H]2CCCN(C(=O)OC(C)(C)C)C2)C[C@H]1C. The minimum Gasteiger partial charge on any atom is -0.444 e. The number of ether oxygens (including phenoxy) is 2. The first-order valence-corrected chi connectivity index (χ1v) is 10.2. The van der Waals surface area contributed by atoms with Crippen molar-refractivity contribution < 1.29 is 14.3 Å². The van der Waals surface area contributed by atoms with Gasteiger partial charge in [0.05, 0.1) is 6.61 Å². The number of amides is 1. The molecular weight excluding hydrogens is 330 g/mol. The number of hydrogen-bond donors (Lipinski definition) is 0. The van der Waals surface area contributed by atoms with Crippen LogP contribution in [0.15, 0.2) is 0 Å². The Morgan fingerprint density at radius 2 is 1.88 bits per heavy atom. The lowest BCUT2D eigenvalue weighted by Crippen LogP contribution is -2.53. The molecule has 0 aromatic carbocycles. The molecule has 0 aromatic heterocycles. The molecule has 1 amide bonds. The predicted octanol–water partition coefficient (Wildman–Crippen LogP) is 2.68. The van der Waals surface area contributed by atoms with Crippen LogP contribution >= 0.6 is 0 Å². The Balaban J connectivity index is 1.71. The summed E-state index contributed by atoms with van der Waals surface area (Å²) in [5.74, 6) is 0.595. The van der Waals surface area contributed by atoms with Crippen LogP contribution in [0.25, 0.3) is 0 Å². The van der Waals surface area contributed by atoms with Gasteiger partial charge in [-0.2, -0.15) is 0 Å². The Bertz CT molecular complexity index is 439. The van der Waals surface area contributed by atoms with Crippen LogP contribution in [-0.4, -0.2) is 92.0 Å². The fraction of sp³-hybridized carbons (Fsp3) is 0.950. The van der Waals surface area contributed by atoms with Gasteiger partial charge in [0.15, 0.2) is 0 Å². The van der Waals surface area contributed by atoms with Gasteiger partial charge in [-0.05, 0) is 59.4 Å². The molecule has 2 rings (SSSR count). The van der Waals surface area contributed by atoms with E-state index in [0.717, 1.165) is 58.8 Å². The van der Waals surface area contributed by atoms with Gasteiger partial charge < -0.3 is 19.3 Å². The highest BCUT2D eigenvalue weighted by Crippen LogP contribution is 2.22. The molecule has 2 atom stereocenters. The quantitative estimate of drug-likeness (QED) is 0.720. The first-order valence-electron chi connectivity index (χ1n) is 10.2. The van der Waals surface area contributed by atoms with Crippen LogP contribution in [0.1, 0.15) is 47.0 Å². The fourth-order valence-electron chi connectivity index (χ4n) is 3.97. The van der Waals surface area contributed by atoms with Crippen LogP contribution < -0.4 is 0 Å². The zero-order valence-corrected chi connectivity index (χ0v) is 17.5. The topological polar surface area (TPSA) is 45.2 Å². The van der Waals surface area contributed by atoms with Crippen molar-refractivity contribution in [1.82, 2.24) is 14.7 Å². The highest BCUT2D eigenvalue weighted by Gasteiger charge is 2.29. The van der Waals surface area contributed by atoms with E-state index in [9.17, 15) is 4.79 Å². The zero-order chi connectivity index (χ0) is 19.2. The lowest BCUT2D eigenvalue weighted by molar-refractivity contribution is 0.0145. The second-order valence-corrected chi connectivity index (χ2v) is 8.90. The maximum Gasteiger partial charge on any atom is 0.410 e. The number of carbonyl (C=O) groups excluding carboxylic acids is 1. The number of carbonyl (C=O) groups is 1. The van der Waals surface area contributed by atoms with Crippen molar-refractivity contribution in [1.29, 1.82) is 0 Å². The highest BCUT2D eigenvalue weighted by atomic mass is 16.6. The second-order valence-electron chi connectivity index (χ2n) is 8.90. The summed E-state index contributed by atoms with van der Waals surface area (Å²) in [6.45, 7) is 16.1. The molecule has 0 saturated carbocycles. The number of piperidine rings is 1. The summed E-state index contributed by atoms with van der Waals surface area (Å²) in [4.78, 5) is 19.3. The van der Waals surface area contributed by atoms with Crippen molar-refractivity contribution >= 4 is 6.09 Å². The Kier molecular flexibility index (Phi) is 8.17. The van der Waals surface area contributed by atoms with Crippen molar-refractivity contribution in [3.05, 3.63) is 0 Å². The Morgan fingerprint density at radius 1 is 1.12 bits per heavy atom. The van der Waals surface area contributed by atoms with Gasteiger partial charge in [0.2, 0.25) is 0 Å². The summed E-state index contributed by atoms with van der Waals surface area (Å²) in [5.41, 5.74) is -0.414. The van der Waals surface area contributed by atoms with E-state index in [2.05, 4.69) is 16.7 Å². The van der Waals surface area contributed by atoms with Gasteiger partial charge in [-0.1, -0.05) is 0 Å². The van der Waals surface area contributed by atoms with Crippen molar-refractivity contribution in [2.24, 2.45) is 5.92 Å². The van der Waals surface area contributed by atoms with E-state index in [-0.39, 0.29) is 6.09 Å². The van der Waals surface area contributed by atoms with E-state index in [4.69, 9.17) is 9.47 Å². The van der Waals surface area contributed by atoms with Crippen molar-refractivity contribution in [2.45, 2.75) is 58.6 Å². The van der Waals surface area contributed by atoms with Crippen LogP contribution in [0.3, 0.4) is 0 Å². The number of methoxy groups -OCH3 is 1. The minimum absolute atomic E-state index is 0.150. The molecule has 2 aliphatic heterocycles. The van der Waals surface area contributed by atoms with Crippen molar-refractivity contribution in [3.63, 3.8) is 0 Å². The molecule has 0 aromatic rings. The number of nitrogens with zero attached hydrogens (tertiary/aromatic N) is 3. The van der Waals surface area contributed by atoms with Crippen molar-refractivity contribution in [2.75, 3.05) is 59.5 Å². The molecule has 0 unspecified atom stereocenters. The summed E-state index contributed by atoms with van der Waals surface area (Å²) >= 11 is 0. The van der Waals surface area contributed by atoms with Gasteiger partial charge in [0.1, 0.15) is 5.60 Å². The van der Waals surface area contributed by atoms with Crippen LogP contribution in [0.2, 0.25) is 0 Å². The number of rotatable bonds is 6. The number of piperazine rings is 1. The summed E-state index contributed by atoms with van der Waals surface area (Å²) in [6.07, 6.45) is 3.33. The molecule has 0 N–H and O–H groups in total. The third-order valence-corrected chi connectivity index (χ3v) is 5.46. The Hall–Kier alpha value is -0.850. The molecule has 2 fully saturated rings. The minimum atomic E-state index is -0.414. The molecule has 26 heavy (non-hydrogen) atoms. The van der Waals surface area contributed by atoms with Crippen molar-refractivity contribution in [3.8, 4) is 0 Å². The Morgan fingerprint density at radius 3 is 2.54 bits per heavy atom.